The van der Waals surface area contributed by atoms with E-state index in [9.17, 15) is 9.90 Å². The molecule has 1 aromatic carbocycles. The molecule has 5 nitrogen and oxygen atoms in total. The number of aliphatic hydroxyl groups excluding tert-OH is 1. The van der Waals surface area contributed by atoms with Crippen molar-refractivity contribution in [3.05, 3.63) is 59.9 Å². The lowest BCUT2D eigenvalue weighted by Crippen LogP contribution is -2.39. The topological polar surface area (TPSA) is 65.5 Å². The Bertz CT molecular complexity index is 690. The number of carbonyl (C=O) groups is 1. The molecule has 2 N–H and O–H groups in total. The highest BCUT2D eigenvalue weighted by Gasteiger charge is 2.30. The molecule has 2 amide bonds. The van der Waals surface area contributed by atoms with E-state index < -0.39 is 6.10 Å². The quantitative estimate of drug-likeness (QED) is 0.904. The number of nitrogens with one attached hydrogen (secondary N) is 1. The van der Waals surface area contributed by atoms with E-state index in [4.69, 9.17) is 0 Å². The van der Waals surface area contributed by atoms with Crippen molar-refractivity contribution >= 4 is 11.7 Å². The summed E-state index contributed by atoms with van der Waals surface area (Å²) in [7, 11) is 0. The maximum absolute atomic E-state index is 12.6. The first kappa shape index (κ1) is 16.5. The van der Waals surface area contributed by atoms with Gasteiger partial charge in [-0.1, -0.05) is 30.3 Å². The minimum atomic E-state index is -0.548. The summed E-state index contributed by atoms with van der Waals surface area (Å²) in [5.41, 5.74) is 2.52. The molecule has 1 aliphatic heterocycles. The number of likely N-dealkylation sites (tertiary alicyclic amines) is 1. The molecule has 0 radical (unpaired) electrons. The largest absolute Gasteiger partial charge is 0.388 e. The third-order valence-corrected chi connectivity index (χ3v) is 4.47. The van der Waals surface area contributed by atoms with Gasteiger partial charge >= 0.3 is 6.03 Å². The molecule has 0 spiro atoms. The van der Waals surface area contributed by atoms with Crippen LogP contribution in [-0.2, 0) is 0 Å². The zero-order valence-corrected chi connectivity index (χ0v) is 13.9. The minimum absolute atomic E-state index is 0.0585. The van der Waals surface area contributed by atoms with Gasteiger partial charge in [0, 0.05) is 30.2 Å². The summed E-state index contributed by atoms with van der Waals surface area (Å²) < 4.78 is 0. The molecule has 0 bridgehead atoms. The van der Waals surface area contributed by atoms with Crippen LogP contribution in [-0.4, -0.2) is 33.6 Å². The predicted octanol–water partition coefficient (Wildman–Crippen LogP) is 3.51. The molecule has 0 saturated carbocycles. The van der Waals surface area contributed by atoms with E-state index in [-0.39, 0.29) is 12.1 Å². The second-order valence-corrected chi connectivity index (χ2v) is 6.27. The van der Waals surface area contributed by atoms with Crippen LogP contribution < -0.4 is 5.32 Å². The Balaban J connectivity index is 1.63. The van der Waals surface area contributed by atoms with Crippen LogP contribution in [0.2, 0.25) is 0 Å². The summed E-state index contributed by atoms with van der Waals surface area (Å²) in [6.07, 6.45) is 3.59. The van der Waals surface area contributed by atoms with Crippen molar-refractivity contribution in [3.63, 3.8) is 0 Å². The van der Waals surface area contributed by atoms with Crippen molar-refractivity contribution in [1.29, 1.82) is 0 Å². The van der Waals surface area contributed by atoms with Gasteiger partial charge in [-0.3, -0.25) is 4.98 Å². The fourth-order valence-corrected chi connectivity index (χ4v) is 3.24. The fourth-order valence-electron chi connectivity index (χ4n) is 3.24. The third-order valence-electron chi connectivity index (χ3n) is 4.47. The fraction of sp³-hybridized carbons (Fsp3) is 0.368. The molecule has 5 heteroatoms. The van der Waals surface area contributed by atoms with Crippen LogP contribution in [0.5, 0.6) is 0 Å². The number of aliphatic hydroxyl groups is 1. The summed E-state index contributed by atoms with van der Waals surface area (Å²) in [4.78, 5) is 18.5. The van der Waals surface area contributed by atoms with Gasteiger partial charge in [-0.15, -0.1) is 0 Å². The normalized spacial score (nSPS) is 18.4. The lowest BCUT2D eigenvalue weighted by Gasteiger charge is -2.27. The number of hydrogen-bond donors (Lipinski definition) is 2. The molecule has 2 aromatic rings. The van der Waals surface area contributed by atoms with Crippen LogP contribution in [0.3, 0.4) is 0 Å². The number of benzene rings is 1. The Kier molecular flexibility index (Phi) is 5.11. The van der Waals surface area contributed by atoms with Gasteiger partial charge in [0.2, 0.25) is 0 Å². The smallest absolute Gasteiger partial charge is 0.322 e. The van der Waals surface area contributed by atoms with Crippen LogP contribution in [0.25, 0.3) is 0 Å². The number of hydrogen-bond acceptors (Lipinski definition) is 3. The van der Waals surface area contributed by atoms with E-state index in [1.54, 1.807) is 12.3 Å². The van der Waals surface area contributed by atoms with E-state index in [0.717, 1.165) is 36.3 Å². The van der Waals surface area contributed by atoms with Crippen LogP contribution in [0.1, 0.15) is 36.6 Å². The second kappa shape index (κ2) is 7.45. The third kappa shape index (κ3) is 3.92. The van der Waals surface area contributed by atoms with Gasteiger partial charge in [0.15, 0.2) is 0 Å². The Labute approximate surface area is 142 Å². The number of pyridine rings is 1. The first-order valence-corrected chi connectivity index (χ1v) is 8.37. The number of rotatable bonds is 4. The van der Waals surface area contributed by atoms with Crippen LogP contribution in [0, 0.1) is 6.92 Å². The summed E-state index contributed by atoms with van der Waals surface area (Å²) in [5.74, 6) is 0. The summed E-state index contributed by atoms with van der Waals surface area (Å²) in [5, 5.41) is 13.4. The Morgan fingerprint density at radius 2 is 2.17 bits per heavy atom. The highest BCUT2D eigenvalue weighted by molar-refractivity contribution is 5.89. The predicted molar refractivity (Wildman–Crippen MR) is 93.7 cm³/mol. The number of aryl methyl sites for hydroxylation is 1. The molecule has 2 unspecified atom stereocenters. The van der Waals surface area contributed by atoms with E-state index in [0.29, 0.717) is 6.42 Å². The average Bonchev–Trinajstić information content (AvgIpc) is 3.04. The molecule has 0 aliphatic carbocycles. The molecule has 24 heavy (non-hydrogen) atoms. The Hall–Kier alpha value is -2.40. The number of urea groups is 1. The van der Waals surface area contributed by atoms with Crippen molar-refractivity contribution in [3.8, 4) is 0 Å². The van der Waals surface area contributed by atoms with Crippen molar-refractivity contribution in [2.75, 3.05) is 11.9 Å². The lowest BCUT2D eigenvalue weighted by molar-refractivity contribution is 0.130. The van der Waals surface area contributed by atoms with Crippen molar-refractivity contribution in [2.45, 2.75) is 38.3 Å². The summed E-state index contributed by atoms with van der Waals surface area (Å²) >= 11 is 0. The van der Waals surface area contributed by atoms with Gasteiger partial charge in [0.05, 0.1) is 6.10 Å². The zero-order valence-electron chi connectivity index (χ0n) is 13.9. The molecule has 3 rings (SSSR count). The number of anilines is 1. The Morgan fingerprint density at radius 3 is 2.92 bits per heavy atom. The van der Waals surface area contributed by atoms with Gasteiger partial charge in [-0.2, -0.15) is 0 Å². The summed E-state index contributed by atoms with van der Waals surface area (Å²) in [6, 6.07) is 13.2. The first-order chi connectivity index (χ1) is 11.6. The van der Waals surface area contributed by atoms with Gasteiger partial charge in [0.25, 0.3) is 0 Å². The van der Waals surface area contributed by atoms with Crippen molar-refractivity contribution < 1.29 is 9.90 Å². The first-order valence-electron chi connectivity index (χ1n) is 8.37. The van der Waals surface area contributed by atoms with E-state index in [1.165, 1.54) is 0 Å². The maximum Gasteiger partial charge on any atom is 0.322 e. The molecule has 1 fully saturated rings. The van der Waals surface area contributed by atoms with Crippen LogP contribution in [0.15, 0.2) is 48.7 Å². The zero-order chi connectivity index (χ0) is 16.9. The molecule has 2 heterocycles. The molecular formula is C19H23N3O2. The van der Waals surface area contributed by atoms with Crippen LogP contribution in [0.4, 0.5) is 10.5 Å². The van der Waals surface area contributed by atoms with E-state index in [1.807, 2.05) is 48.2 Å². The molecular weight excluding hydrogens is 302 g/mol. The number of amides is 2. The van der Waals surface area contributed by atoms with E-state index >= 15 is 0 Å². The van der Waals surface area contributed by atoms with Gasteiger partial charge in [0.1, 0.15) is 0 Å². The molecule has 1 aliphatic rings. The van der Waals surface area contributed by atoms with Gasteiger partial charge < -0.3 is 15.3 Å². The second-order valence-electron chi connectivity index (χ2n) is 6.27. The molecule has 1 saturated heterocycles. The number of carbonyl (C=O) groups excluding carboxylic acids is 1. The number of nitrogens with zero attached hydrogens (tertiary/aromatic N) is 2. The van der Waals surface area contributed by atoms with E-state index in [2.05, 4.69) is 10.3 Å². The summed E-state index contributed by atoms with van der Waals surface area (Å²) in [6.45, 7) is 2.62. The highest BCUT2D eigenvalue weighted by atomic mass is 16.3. The molecule has 126 valence electrons. The van der Waals surface area contributed by atoms with Gasteiger partial charge in [-0.05, 0) is 43.9 Å². The molecule has 2 atom stereocenters. The van der Waals surface area contributed by atoms with Gasteiger partial charge in [-0.25, -0.2) is 4.79 Å². The highest BCUT2D eigenvalue weighted by Crippen LogP contribution is 2.28. The monoisotopic (exact) mass is 325 g/mol. The van der Waals surface area contributed by atoms with Crippen molar-refractivity contribution in [1.82, 2.24) is 9.88 Å². The average molecular weight is 325 g/mol. The van der Waals surface area contributed by atoms with Crippen LogP contribution >= 0.6 is 0 Å². The Morgan fingerprint density at radius 1 is 1.38 bits per heavy atom. The lowest BCUT2D eigenvalue weighted by atomic mass is 10.0. The van der Waals surface area contributed by atoms with Crippen molar-refractivity contribution in [2.24, 2.45) is 0 Å². The number of aromatic nitrogens is 1. The maximum atomic E-state index is 12.6. The molecule has 1 aromatic heterocycles. The SMILES string of the molecule is Cc1cc(NC(=O)N2CCCC2CC(O)c2ccccc2)ccn1. The minimum Gasteiger partial charge on any atom is -0.388 e. The standard InChI is InChI=1S/C19H23N3O2/c1-14-12-16(9-10-20-14)21-19(24)22-11-5-8-17(22)13-18(23)15-6-3-2-4-7-15/h2-4,6-7,9-10,12,17-18,23H,5,8,11,13H2,1H3,(H,20,21,24).